The molecule has 1 unspecified atom stereocenters. The second-order valence-electron chi connectivity index (χ2n) is 4.82. The highest BCUT2D eigenvalue weighted by atomic mass is 32.1. The standard InChI is InChI=1S/C12H18N4O3S/c1-7-10(11(17)18)20-9(15-7)5-14-12(19)16-3-2-8(4-13)6-16/h8H,2-6,13H2,1H3,(H,14,19)(H,17,18). The van der Waals surface area contributed by atoms with Crippen LogP contribution in [0.5, 0.6) is 0 Å². The van der Waals surface area contributed by atoms with Crippen LogP contribution in [0.2, 0.25) is 0 Å². The lowest BCUT2D eigenvalue weighted by atomic mass is 10.1. The van der Waals surface area contributed by atoms with Gasteiger partial charge in [0.05, 0.1) is 12.2 Å². The number of nitrogens with one attached hydrogen (secondary N) is 1. The number of aromatic carboxylic acids is 1. The van der Waals surface area contributed by atoms with Crippen LogP contribution in [0.1, 0.15) is 26.8 Å². The van der Waals surface area contributed by atoms with Gasteiger partial charge in [0.2, 0.25) is 0 Å². The van der Waals surface area contributed by atoms with E-state index in [-0.39, 0.29) is 17.5 Å². The summed E-state index contributed by atoms with van der Waals surface area (Å²) in [4.78, 5) is 29.0. The van der Waals surface area contributed by atoms with Gasteiger partial charge in [-0.25, -0.2) is 14.6 Å². The quantitative estimate of drug-likeness (QED) is 0.756. The van der Waals surface area contributed by atoms with Crippen LogP contribution >= 0.6 is 11.3 Å². The van der Waals surface area contributed by atoms with Crippen LogP contribution in [0.4, 0.5) is 4.79 Å². The van der Waals surface area contributed by atoms with E-state index in [1.54, 1.807) is 11.8 Å². The van der Waals surface area contributed by atoms with Crippen LogP contribution in [-0.4, -0.2) is 46.6 Å². The van der Waals surface area contributed by atoms with Gasteiger partial charge in [0, 0.05) is 13.1 Å². The van der Waals surface area contributed by atoms with Crippen molar-refractivity contribution in [1.29, 1.82) is 0 Å². The van der Waals surface area contributed by atoms with Gasteiger partial charge in [-0.15, -0.1) is 11.3 Å². The molecular formula is C12H18N4O3S. The van der Waals surface area contributed by atoms with E-state index in [9.17, 15) is 9.59 Å². The first-order chi connectivity index (χ1) is 9.51. The molecule has 1 fully saturated rings. The zero-order valence-corrected chi connectivity index (χ0v) is 12.1. The summed E-state index contributed by atoms with van der Waals surface area (Å²) in [5.74, 6) is -0.607. The van der Waals surface area contributed by atoms with Crippen molar-refractivity contribution in [2.75, 3.05) is 19.6 Å². The molecule has 2 heterocycles. The van der Waals surface area contributed by atoms with Gasteiger partial charge in [0.1, 0.15) is 9.88 Å². The van der Waals surface area contributed by atoms with Gasteiger partial charge in [-0.1, -0.05) is 0 Å². The molecule has 2 rings (SSSR count). The van der Waals surface area contributed by atoms with Gasteiger partial charge < -0.3 is 21.1 Å². The lowest BCUT2D eigenvalue weighted by Crippen LogP contribution is -2.38. The summed E-state index contributed by atoms with van der Waals surface area (Å²) in [5, 5.41) is 12.3. The van der Waals surface area contributed by atoms with E-state index in [1.807, 2.05) is 0 Å². The number of nitrogens with two attached hydrogens (primary N) is 1. The van der Waals surface area contributed by atoms with E-state index in [0.717, 1.165) is 17.8 Å². The van der Waals surface area contributed by atoms with E-state index in [1.165, 1.54) is 0 Å². The van der Waals surface area contributed by atoms with Crippen LogP contribution in [-0.2, 0) is 6.54 Å². The average molecular weight is 298 g/mol. The number of nitrogens with zero attached hydrogens (tertiary/aromatic N) is 2. The molecule has 1 aliphatic rings. The number of rotatable bonds is 4. The van der Waals surface area contributed by atoms with Crippen LogP contribution in [0.15, 0.2) is 0 Å². The van der Waals surface area contributed by atoms with Gasteiger partial charge in [-0.3, -0.25) is 0 Å². The number of carbonyl (C=O) groups excluding carboxylic acids is 1. The van der Waals surface area contributed by atoms with Crippen molar-refractivity contribution in [2.24, 2.45) is 11.7 Å². The van der Waals surface area contributed by atoms with Crippen molar-refractivity contribution in [3.05, 3.63) is 15.6 Å². The summed E-state index contributed by atoms with van der Waals surface area (Å²) >= 11 is 1.09. The number of urea groups is 1. The molecule has 1 aliphatic heterocycles. The third kappa shape index (κ3) is 3.26. The molecule has 0 spiro atoms. The van der Waals surface area contributed by atoms with E-state index in [2.05, 4.69) is 10.3 Å². The Hall–Kier alpha value is -1.67. The van der Waals surface area contributed by atoms with Crippen molar-refractivity contribution in [3.63, 3.8) is 0 Å². The minimum absolute atomic E-state index is 0.148. The molecule has 2 amide bonds. The number of carboxylic acid groups (broad SMARTS) is 1. The Balaban J connectivity index is 1.87. The topological polar surface area (TPSA) is 109 Å². The summed E-state index contributed by atoms with van der Waals surface area (Å²) in [6, 6.07) is -0.148. The van der Waals surface area contributed by atoms with Crippen molar-refractivity contribution >= 4 is 23.3 Å². The van der Waals surface area contributed by atoms with Crippen LogP contribution in [0.25, 0.3) is 0 Å². The minimum Gasteiger partial charge on any atom is -0.477 e. The van der Waals surface area contributed by atoms with Crippen LogP contribution in [0.3, 0.4) is 0 Å². The molecule has 1 saturated heterocycles. The van der Waals surface area contributed by atoms with E-state index < -0.39 is 5.97 Å². The molecule has 0 saturated carbocycles. The second kappa shape index (κ2) is 6.19. The normalized spacial score (nSPS) is 18.3. The number of carboxylic acids is 1. The fourth-order valence-corrected chi connectivity index (χ4v) is 3.04. The summed E-state index contributed by atoms with van der Waals surface area (Å²) < 4.78 is 0. The van der Waals surface area contributed by atoms with Gasteiger partial charge >= 0.3 is 12.0 Å². The molecule has 1 aromatic rings. The largest absolute Gasteiger partial charge is 0.477 e. The number of aryl methyl sites for hydroxylation is 1. The van der Waals surface area contributed by atoms with E-state index in [4.69, 9.17) is 10.8 Å². The summed E-state index contributed by atoms with van der Waals surface area (Å²) in [6.45, 7) is 3.89. The molecule has 0 aromatic carbocycles. The maximum atomic E-state index is 11.9. The zero-order chi connectivity index (χ0) is 14.7. The Morgan fingerprint density at radius 1 is 1.60 bits per heavy atom. The van der Waals surface area contributed by atoms with E-state index >= 15 is 0 Å². The predicted molar refractivity (Wildman–Crippen MR) is 74.8 cm³/mol. The highest BCUT2D eigenvalue weighted by molar-refractivity contribution is 7.13. The predicted octanol–water partition coefficient (Wildman–Crippen LogP) is 0.640. The molecule has 110 valence electrons. The van der Waals surface area contributed by atoms with Gasteiger partial charge in [-0.05, 0) is 25.8 Å². The SMILES string of the molecule is Cc1nc(CNC(=O)N2CCC(CN)C2)sc1C(=O)O. The smallest absolute Gasteiger partial charge is 0.347 e. The molecule has 0 aliphatic carbocycles. The first kappa shape index (κ1) is 14.7. The number of carbonyl (C=O) groups is 2. The molecule has 0 bridgehead atoms. The Morgan fingerprint density at radius 2 is 2.35 bits per heavy atom. The lowest BCUT2D eigenvalue weighted by molar-refractivity contribution is 0.0701. The lowest BCUT2D eigenvalue weighted by Gasteiger charge is -2.16. The number of thiazole rings is 1. The fraction of sp³-hybridized carbons (Fsp3) is 0.583. The number of likely N-dealkylation sites (tertiary alicyclic amines) is 1. The Kier molecular flexibility index (Phi) is 4.56. The summed E-state index contributed by atoms with van der Waals surface area (Å²) in [5.41, 5.74) is 6.07. The molecule has 7 nitrogen and oxygen atoms in total. The number of amides is 2. The zero-order valence-electron chi connectivity index (χ0n) is 11.3. The third-order valence-corrected chi connectivity index (χ3v) is 4.48. The average Bonchev–Trinajstić information content (AvgIpc) is 3.02. The van der Waals surface area contributed by atoms with Crippen molar-refractivity contribution in [2.45, 2.75) is 19.9 Å². The number of hydrogen-bond acceptors (Lipinski definition) is 5. The molecular weight excluding hydrogens is 280 g/mol. The Bertz CT molecular complexity index is 517. The molecule has 0 radical (unpaired) electrons. The van der Waals surface area contributed by atoms with Crippen LogP contribution in [0, 0.1) is 12.8 Å². The third-order valence-electron chi connectivity index (χ3n) is 3.33. The number of aromatic nitrogens is 1. The first-order valence-corrected chi connectivity index (χ1v) is 7.25. The first-order valence-electron chi connectivity index (χ1n) is 6.43. The van der Waals surface area contributed by atoms with Gasteiger partial charge in [-0.2, -0.15) is 0 Å². The monoisotopic (exact) mass is 298 g/mol. The fourth-order valence-electron chi connectivity index (χ4n) is 2.20. The second-order valence-corrected chi connectivity index (χ2v) is 5.91. The molecule has 20 heavy (non-hydrogen) atoms. The summed E-state index contributed by atoms with van der Waals surface area (Å²) in [7, 11) is 0. The van der Waals surface area contributed by atoms with Crippen molar-refractivity contribution in [1.82, 2.24) is 15.2 Å². The van der Waals surface area contributed by atoms with Gasteiger partial charge in [0.15, 0.2) is 0 Å². The minimum atomic E-state index is -0.983. The maximum Gasteiger partial charge on any atom is 0.347 e. The number of hydrogen-bond donors (Lipinski definition) is 3. The van der Waals surface area contributed by atoms with Gasteiger partial charge in [0.25, 0.3) is 0 Å². The highest BCUT2D eigenvalue weighted by Gasteiger charge is 2.25. The highest BCUT2D eigenvalue weighted by Crippen LogP contribution is 2.18. The Morgan fingerprint density at radius 3 is 2.90 bits per heavy atom. The molecule has 1 atom stereocenters. The molecule has 4 N–H and O–H groups in total. The molecule has 8 heteroatoms. The summed E-state index contributed by atoms with van der Waals surface area (Å²) in [6.07, 6.45) is 0.934. The Labute approximate surface area is 120 Å². The van der Waals surface area contributed by atoms with Crippen LogP contribution < -0.4 is 11.1 Å². The maximum absolute atomic E-state index is 11.9. The van der Waals surface area contributed by atoms with Crippen molar-refractivity contribution in [3.8, 4) is 0 Å². The van der Waals surface area contributed by atoms with E-state index in [0.29, 0.717) is 36.3 Å². The van der Waals surface area contributed by atoms with Crippen molar-refractivity contribution < 1.29 is 14.7 Å². The molecule has 1 aromatic heterocycles.